The van der Waals surface area contributed by atoms with Gasteiger partial charge in [-0.15, -0.1) is 0 Å². The second-order valence-corrected chi connectivity index (χ2v) is 7.36. The number of carbonyl (C=O) groups is 1. The van der Waals surface area contributed by atoms with E-state index in [1.165, 1.54) is 0 Å². The number of hydrogen-bond donors (Lipinski definition) is 1. The van der Waals surface area contributed by atoms with Crippen molar-refractivity contribution in [3.8, 4) is 5.75 Å². The Hall–Kier alpha value is -3.93. The maximum atomic E-state index is 10.9. The Kier molecular flexibility index (Phi) is 6.92. The SMILES string of the molecule is O=C(O)COc1cccc2c1CCC=C2CCO/N=C(\c1ccccc1)c1cccnc1. The van der Waals surface area contributed by atoms with Crippen molar-refractivity contribution in [1.82, 2.24) is 4.98 Å². The Morgan fingerprint density at radius 2 is 1.88 bits per heavy atom. The summed E-state index contributed by atoms with van der Waals surface area (Å²) < 4.78 is 5.48. The third kappa shape index (κ3) is 5.21. The largest absolute Gasteiger partial charge is 0.482 e. The van der Waals surface area contributed by atoms with E-state index in [0.717, 1.165) is 46.4 Å². The highest BCUT2D eigenvalue weighted by molar-refractivity contribution is 6.12. The second-order valence-electron chi connectivity index (χ2n) is 7.36. The molecule has 1 heterocycles. The van der Waals surface area contributed by atoms with Crippen LogP contribution >= 0.6 is 0 Å². The Bertz CT molecular complexity index is 1080. The Labute approximate surface area is 186 Å². The number of ether oxygens (including phenoxy) is 1. The minimum absolute atomic E-state index is 0.343. The first-order chi connectivity index (χ1) is 15.7. The van der Waals surface area contributed by atoms with Gasteiger partial charge in [0.1, 0.15) is 18.1 Å². The van der Waals surface area contributed by atoms with Crippen LogP contribution in [0, 0.1) is 0 Å². The van der Waals surface area contributed by atoms with E-state index >= 15 is 0 Å². The fourth-order valence-corrected chi connectivity index (χ4v) is 3.77. The highest BCUT2D eigenvalue weighted by atomic mass is 16.6. The Morgan fingerprint density at radius 3 is 2.66 bits per heavy atom. The second kappa shape index (κ2) is 10.4. The molecule has 6 nitrogen and oxygen atoms in total. The van der Waals surface area contributed by atoms with Gasteiger partial charge in [0, 0.05) is 35.5 Å². The molecule has 0 spiro atoms. The van der Waals surface area contributed by atoms with Crippen LogP contribution in [0.3, 0.4) is 0 Å². The topological polar surface area (TPSA) is 81.0 Å². The lowest BCUT2D eigenvalue weighted by Crippen LogP contribution is -2.12. The molecule has 1 aromatic heterocycles. The predicted octanol–water partition coefficient (Wildman–Crippen LogP) is 4.73. The zero-order valence-corrected chi connectivity index (χ0v) is 17.6. The Morgan fingerprint density at radius 1 is 1.03 bits per heavy atom. The maximum absolute atomic E-state index is 10.9. The average Bonchev–Trinajstić information content (AvgIpc) is 2.84. The van der Waals surface area contributed by atoms with E-state index in [2.05, 4.69) is 16.2 Å². The summed E-state index contributed by atoms with van der Waals surface area (Å²) in [6.45, 7) is 0.0754. The molecule has 0 saturated heterocycles. The van der Waals surface area contributed by atoms with Gasteiger partial charge in [0.2, 0.25) is 0 Å². The molecule has 32 heavy (non-hydrogen) atoms. The van der Waals surface area contributed by atoms with Crippen molar-refractivity contribution in [3.05, 3.63) is 101 Å². The van der Waals surface area contributed by atoms with E-state index in [1.54, 1.807) is 12.4 Å². The molecule has 0 aliphatic heterocycles. The van der Waals surface area contributed by atoms with Gasteiger partial charge >= 0.3 is 5.97 Å². The van der Waals surface area contributed by atoms with Crippen LogP contribution in [0.5, 0.6) is 5.75 Å². The van der Waals surface area contributed by atoms with Crippen LogP contribution in [-0.2, 0) is 16.1 Å². The molecule has 1 aliphatic carbocycles. The van der Waals surface area contributed by atoms with Crippen LogP contribution in [0.4, 0.5) is 0 Å². The summed E-state index contributed by atoms with van der Waals surface area (Å²) in [5.74, 6) is -0.347. The van der Waals surface area contributed by atoms with E-state index in [-0.39, 0.29) is 6.61 Å². The van der Waals surface area contributed by atoms with Gasteiger partial charge in [-0.1, -0.05) is 53.7 Å². The molecular weight excluding hydrogens is 404 g/mol. The normalized spacial score (nSPS) is 13.1. The molecule has 0 atom stereocenters. The summed E-state index contributed by atoms with van der Waals surface area (Å²) in [5.41, 5.74) is 5.88. The lowest BCUT2D eigenvalue weighted by atomic mass is 9.89. The molecule has 0 bridgehead atoms. The number of carboxylic acid groups (broad SMARTS) is 1. The van der Waals surface area contributed by atoms with E-state index in [1.807, 2.05) is 60.7 Å². The number of nitrogens with zero attached hydrogens (tertiary/aromatic N) is 2. The number of oxime groups is 1. The first kappa shape index (κ1) is 21.3. The maximum Gasteiger partial charge on any atom is 0.341 e. The summed E-state index contributed by atoms with van der Waals surface area (Å²) >= 11 is 0. The number of fused-ring (bicyclic) bond motifs is 1. The number of carboxylic acids is 1. The summed E-state index contributed by atoms with van der Waals surface area (Å²) in [4.78, 5) is 20.8. The lowest BCUT2D eigenvalue weighted by molar-refractivity contribution is -0.139. The molecule has 0 fully saturated rings. The van der Waals surface area contributed by atoms with E-state index in [4.69, 9.17) is 14.7 Å². The summed E-state index contributed by atoms with van der Waals surface area (Å²) in [6, 6.07) is 19.5. The van der Waals surface area contributed by atoms with Crippen molar-refractivity contribution in [3.63, 3.8) is 0 Å². The molecule has 2 aromatic carbocycles. The van der Waals surface area contributed by atoms with Gasteiger partial charge in [-0.3, -0.25) is 4.98 Å². The molecule has 0 saturated carbocycles. The van der Waals surface area contributed by atoms with Gasteiger partial charge in [-0.25, -0.2) is 4.79 Å². The molecule has 0 unspecified atom stereocenters. The molecule has 1 aliphatic rings. The van der Waals surface area contributed by atoms with Crippen molar-refractivity contribution >= 4 is 17.3 Å². The first-order valence-corrected chi connectivity index (χ1v) is 10.5. The average molecular weight is 428 g/mol. The van der Waals surface area contributed by atoms with Crippen molar-refractivity contribution in [2.75, 3.05) is 13.2 Å². The van der Waals surface area contributed by atoms with Gasteiger partial charge in [0.15, 0.2) is 6.61 Å². The number of allylic oxidation sites excluding steroid dienone is 1. The number of hydrogen-bond acceptors (Lipinski definition) is 5. The number of aliphatic carboxylic acids is 1. The number of aromatic nitrogens is 1. The zero-order chi connectivity index (χ0) is 22.2. The zero-order valence-electron chi connectivity index (χ0n) is 17.6. The van der Waals surface area contributed by atoms with Crippen LogP contribution in [-0.4, -0.2) is 35.0 Å². The van der Waals surface area contributed by atoms with Crippen molar-refractivity contribution in [1.29, 1.82) is 0 Å². The highest BCUT2D eigenvalue weighted by Crippen LogP contribution is 2.34. The molecular formula is C26H24N2O4. The van der Waals surface area contributed by atoms with Gasteiger partial charge in [0.05, 0.1) is 0 Å². The molecule has 162 valence electrons. The summed E-state index contributed by atoms with van der Waals surface area (Å²) in [6.07, 6.45) is 8.10. The summed E-state index contributed by atoms with van der Waals surface area (Å²) in [5, 5.41) is 13.3. The smallest absolute Gasteiger partial charge is 0.341 e. The fraction of sp³-hybridized carbons (Fsp3) is 0.192. The van der Waals surface area contributed by atoms with Crippen LogP contribution < -0.4 is 4.74 Å². The highest BCUT2D eigenvalue weighted by Gasteiger charge is 2.17. The van der Waals surface area contributed by atoms with Crippen LogP contribution in [0.1, 0.15) is 35.1 Å². The van der Waals surface area contributed by atoms with Crippen molar-refractivity contribution in [2.45, 2.75) is 19.3 Å². The minimum Gasteiger partial charge on any atom is -0.482 e. The summed E-state index contributed by atoms with van der Waals surface area (Å²) in [7, 11) is 0. The van der Waals surface area contributed by atoms with Crippen LogP contribution in [0.2, 0.25) is 0 Å². The first-order valence-electron chi connectivity index (χ1n) is 10.5. The van der Waals surface area contributed by atoms with Crippen molar-refractivity contribution < 1.29 is 19.5 Å². The number of rotatable bonds is 9. The minimum atomic E-state index is -0.983. The number of pyridine rings is 1. The number of benzene rings is 2. The quantitative estimate of drug-likeness (QED) is 0.303. The van der Waals surface area contributed by atoms with E-state index in [0.29, 0.717) is 18.8 Å². The molecule has 6 heteroatoms. The lowest BCUT2D eigenvalue weighted by Gasteiger charge is -2.20. The predicted molar refractivity (Wildman–Crippen MR) is 123 cm³/mol. The monoisotopic (exact) mass is 428 g/mol. The third-order valence-electron chi connectivity index (χ3n) is 5.22. The van der Waals surface area contributed by atoms with Gasteiger partial charge < -0.3 is 14.7 Å². The fourth-order valence-electron chi connectivity index (χ4n) is 3.77. The molecule has 3 aromatic rings. The molecule has 0 amide bonds. The van der Waals surface area contributed by atoms with Gasteiger partial charge in [0.25, 0.3) is 0 Å². The van der Waals surface area contributed by atoms with Gasteiger partial charge in [-0.2, -0.15) is 0 Å². The van der Waals surface area contributed by atoms with Crippen LogP contribution in [0.25, 0.3) is 5.57 Å². The molecule has 4 rings (SSSR count). The standard InChI is InChI=1S/C26H24N2O4/c29-25(30)18-31-24-13-5-11-22-19(9-4-12-23(22)24)14-16-32-28-26(20-7-2-1-3-8-20)21-10-6-15-27-17-21/h1-3,5-11,13,15,17H,4,12,14,16,18H2,(H,29,30)/b28-26+. The van der Waals surface area contributed by atoms with Gasteiger partial charge in [-0.05, 0) is 42.2 Å². The Balaban J connectivity index is 1.46. The third-order valence-corrected chi connectivity index (χ3v) is 5.22. The molecule has 0 radical (unpaired) electrons. The van der Waals surface area contributed by atoms with E-state index in [9.17, 15) is 4.79 Å². The van der Waals surface area contributed by atoms with Crippen LogP contribution in [0.15, 0.2) is 84.3 Å². The molecule has 1 N–H and O–H groups in total. The van der Waals surface area contributed by atoms with E-state index < -0.39 is 5.97 Å². The van der Waals surface area contributed by atoms with Crippen molar-refractivity contribution in [2.24, 2.45) is 5.16 Å².